The summed E-state index contributed by atoms with van der Waals surface area (Å²) in [4.78, 5) is 18.2. The molecule has 0 radical (unpaired) electrons. The highest BCUT2D eigenvalue weighted by molar-refractivity contribution is 7.90. The van der Waals surface area contributed by atoms with Crippen molar-refractivity contribution in [3.63, 3.8) is 0 Å². The lowest BCUT2D eigenvalue weighted by Crippen LogP contribution is -2.39. The number of imidazole rings is 1. The largest absolute Gasteiger partial charge is 0.368 e. The van der Waals surface area contributed by atoms with Gasteiger partial charge in [-0.2, -0.15) is 9.97 Å². The molecule has 146 valence electrons. The molecule has 27 heavy (non-hydrogen) atoms. The van der Waals surface area contributed by atoms with Gasteiger partial charge in [0.2, 0.25) is 16.0 Å². The third kappa shape index (κ3) is 2.85. The fraction of sp³-hybridized carbons (Fsp3) is 0.706. The van der Waals surface area contributed by atoms with Gasteiger partial charge < -0.3 is 15.6 Å². The molecule has 3 heterocycles. The molecule has 3 N–H and O–H groups in total. The number of nitrogens with zero attached hydrogens (tertiary/aromatic N) is 5. The topological polar surface area (TPSA) is 121 Å². The second-order valence-electron chi connectivity index (χ2n) is 8.15. The molecule has 10 heteroatoms. The van der Waals surface area contributed by atoms with Gasteiger partial charge in [0.15, 0.2) is 11.5 Å². The molecule has 3 aliphatic rings. The van der Waals surface area contributed by atoms with Crippen molar-refractivity contribution >= 4 is 33.0 Å². The molecular formula is C17H25N7O2S. The Morgan fingerprint density at radius 2 is 2.00 bits per heavy atom. The zero-order valence-electron chi connectivity index (χ0n) is 15.4. The van der Waals surface area contributed by atoms with Crippen LogP contribution in [0.5, 0.6) is 0 Å². The van der Waals surface area contributed by atoms with E-state index in [1.165, 1.54) is 0 Å². The second kappa shape index (κ2) is 6.03. The SMILES string of the molecule is CN([C@H]1C[C@H]2CCN(c3nc(N)nc4nc[nH]c34)C[C@H]2C1)S(=O)(=O)C1CC1. The summed E-state index contributed by atoms with van der Waals surface area (Å²) >= 11 is 0. The molecule has 0 amide bonds. The number of aromatic amines is 1. The Bertz CT molecular complexity index is 971. The minimum Gasteiger partial charge on any atom is -0.368 e. The normalized spacial score (nSPS) is 28.8. The third-order valence-corrected chi connectivity index (χ3v) is 8.90. The maximum absolute atomic E-state index is 12.6. The number of rotatable bonds is 4. The van der Waals surface area contributed by atoms with Gasteiger partial charge in [0.1, 0.15) is 5.52 Å². The van der Waals surface area contributed by atoms with Crippen LogP contribution in [0.3, 0.4) is 0 Å². The average Bonchev–Trinajstić information content (AvgIpc) is 3.27. The molecule has 3 fully saturated rings. The number of anilines is 2. The van der Waals surface area contributed by atoms with Crippen molar-refractivity contribution in [2.75, 3.05) is 30.8 Å². The molecule has 5 rings (SSSR count). The number of hydrogen-bond acceptors (Lipinski definition) is 7. The molecule has 2 aromatic heterocycles. The summed E-state index contributed by atoms with van der Waals surface area (Å²) < 4.78 is 26.9. The third-order valence-electron chi connectivity index (χ3n) is 6.49. The Balaban J connectivity index is 1.35. The van der Waals surface area contributed by atoms with E-state index in [0.717, 1.165) is 56.5 Å². The van der Waals surface area contributed by atoms with Gasteiger partial charge in [-0.15, -0.1) is 0 Å². The molecule has 0 bridgehead atoms. The molecule has 3 atom stereocenters. The van der Waals surface area contributed by atoms with Crippen LogP contribution < -0.4 is 10.6 Å². The van der Waals surface area contributed by atoms with Crippen molar-refractivity contribution in [2.24, 2.45) is 11.8 Å². The lowest BCUT2D eigenvalue weighted by atomic mass is 9.89. The lowest BCUT2D eigenvalue weighted by molar-refractivity contribution is 0.323. The van der Waals surface area contributed by atoms with Crippen LogP contribution in [0, 0.1) is 11.8 Å². The fourth-order valence-electron chi connectivity index (χ4n) is 4.81. The summed E-state index contributed by atoms with van der Waals surface area (Å²) in [5, 5.41) is -0.140. The van der Waals surface area contributed by atoms with Crippen LogP contribution in [-0.4, -0.2) is 64.1 Å². The fourth-order valence-corrected chi connectivity index (χ4v) is 6.60. The Morgan fingerprint density at radius 1 is 1.22 bits per heavy atom. The molecular weight excluding hydrogens is 366 g/mol. The highest BCUT2D eigenvalue weighted by Gasteiger charge is 2.46. The summed E-state index contributed by atoms with van der Waals surface area (Å²) in [5.74, 6) is 2.07. The van der Waals surface area contributed by atoms with E-state index < -0.39 is 10.0 Å². The maximum atomic E-state index is 12.6. The van der Waals surface area contributed by atoms with E-state index >= 15 is 0 Å². The zero-order chi connectivity index (χ0) is 18.8. The Hall–Kier alpha value is -1.94. The second-order valence-corrected chi connectivity index (χ2v) is 10.4. The van der Waals surface area contributed by atoms with Crippen LogP contribution in [0.2, 0.25) is 0 Å². The summed E-state index contributed by atoms with van der Waals surface area (Å²) in [6.45, 7) is 1.75. The monoisotopic (exact) mass is 391 g/mol. The molecule has 9 nitrogen and oxygen atoms in total. The van der Waals surface area contributed by atoms with Crippen molar-refractivity contribution in [3.8, 4) is 0 Å². The molecule has 1 saturated heterocycles. The van der Waals surface area contributed by atoms with Crippen LogP contribution in [0.4, 0.5) is 11.8 Å². The van der Waals surface area contributed by atoms with Crippen molar-refractivity contribution < 1.29 is 8.42 Å². The summed E-state index contributed by atoms with van der Waals surface area (Å²) in [6, 6.07) is 0.119. The van der Waals surface area contributed by atoms with Crippen LogP contribution in [0.1, 0.15) is 32.1 Å². The first-order chi connectivity index (χ1) is 12.9. The molecule has 0 spiro atoms. The molecule has 0 unspecified atom stereocenters. The zero-order valence-corrected chi connectivity index (χ0v) is 16.2. The van der Waals surface area contributed by atoms with Gasteiger partial charge in [0, 0.05) is 26.2 Å². The molecule has 0 aromatic carbocycles. The number of aromatic nitrogens is 4. The number of nitrogens with two attached hydrogens (primary N) is 1. The van der Waals surface area contributed by atoms with Crippen molar-refractivity contribution in [2.45, 2.75) is 43.4 Å². The summed E-state index contributed by atoms with van der Waals surface area (Å²) in [5.41, 5.74) is 7.26. The van der Waals surface area contributed by atoms with Gasteiger partial charge in [-0.3, -0.25) is 0 Å². The summed E-state index contributed by atoms with van der Waals surface area (Å²) in [6.07, 6.45) is 6.16. The van der Waals surface area contributed by atoms with Crippen LogP contribution in [0.15, 0.2) is 6.33 Å². The van der Waals surface area contributed by atoms with E-state index in [0.29, 0.717) is 17.5 Å². The van der Waals surface area contributed by atoms with Crippen molar-refractivity contribution in [3.05, 3.63) is 6.33 Å². The van der Waals surface area contributed by atoms with Crippen molar-refractivity contribution in [1.29, 1.82) is 0 Å². The lowest BCUT2D eigenvalue weighted by Gasteiger charge is -2.35. The Kier molecular flexibility index (Phi) is 3.84. The maximum Gasteiger partial charge on any atom is 0.224 e. The van der Waals surface area contributed by atoms with Gasteiger partial charge in [-0.05, 0) is 43.9 Å². The highest BCUT2D eigenvalue weighted by atomic mass is 32.2. The number of sulfonamides is 1. The predicted molar refractivity (Wildman–Crippen MR) is 103 cm³/mol. The standard InChI is InChI=1S/C17H25N7O2S/c1-23(27(25,26)13-2-3-13)12-6-10-4-5-24(8-11(10)7-12)16-14-15(20-9-19-14)21-17(18)22-16/h9-13H,2-8H2,1H3,(H3,18,19,20,21,22)/t10-,11-,12+/m1/s1. The van der Waals surface area contributed by atoms with E-state index in [1.807, 2.05) is 0 Å². The van der Waals surface area contributed by atoms with E-state index in [4.69, 9.17) is 5.73 Å². The van der Waals surface area contributed by atoms with Crippen LogP contribution >= 0.6 is 0 Å². The number of nitrogens with one attached hydrogen (secondary N) is 1. The van der Waals surface area contributed by atoms with Gasteiger partial charge in [-0.25, -0.2) is 17.7 Å². The van der Waals surface area contributed by atoms with Gasteiger partial charge in [0.05, 0.1) is 11.6 Å². The minimum absolute atomic E-state index is 0.119. The van der Waals surface area contributed by atoms with Gasteiger partial charge in [0.25, 0.3) is 0 Å². The van der Waals surface area contributed by atoms with Crippen LogP contribution in [-0.2, 0) is 10.0 Å². The first kappa shape index (κ1) is 17.2. The Morgan fingerprint density at radius 3 is 2.78 bits per heavy atom. The minimum atomic E-state index is -3.12. The number of hydrogen-bond donors (Lipinski definition) is 2. The Labute approximate surface area is 158 Å². The van der Waals surface area contributed by atoms with E-state index in [2.05, 4.69) is 24.8 Å². The number of piperidine rings is 1. The van der Waals surface area contributed by atoms with Gasteiger partial charge in [-0.1, -0.05) is 0 Å². The smallest absolute Gasteiger partial charge is 0.224 e. The highest BCUT2D eigenvalue weighted by Crippen LogP contribution is 2.43. The van der Waals surface area contributed by atoms with Gasteiger partial charge >= 0.3 is 0 Å². The van der Waals surface area contributed by atoms with E-state index in [9.17, 15) is 8.42 Å². The first-order valence-electron chi connectivity index (χ1n) is 9.62. The molecule has 1 aliphatic heterocycles. The molecule has 2 aliphatic carbocycles. The summed E-state index contributed by atoms with van der Waals surface area (Å²) in [7, 11) is -1.34. The first-order valence-corrected chi connectivity index (χ1v) is 11.1. The average molecular weight is 392 g/mol. The number of fused-ring (bicyclic) bond motifs is 2. The predicted octanol–water partition coefficient (Wildman–Crippen LogP) is 0.964. The van der Waals surface area contributed by atoms with E-state index in [1.54, 1.807) is 17.7 Å². The quantitative estimate of drug-likeness (QED) is 0.796. The molecule has 2 saturated carbocycles. The molecule has 2 aromatic rings. The van der Waals surface area contributed by atoms with Crippen molar-refractivity contribution in [1.82, 2.24) is 24.2 Å². The number of nitrogen functional groups attached to an aromatic ring is 1. The number of H-pyrrole nitrogens is 1. The van der Waals surface area contributed by atoms with E-state index in [-0.39, 0.29) is 17.2 Å². The van der Waals surface area contributed by atoms with Crippen LogP contribution in [0.25, 0.3) is 11.2 Å².